The molecule has 2 atom stereocenters. The number of ether oxygens (including phenoxy) is 1. The Kier molecular flexibility index (Phi) is 5.42. The molecule has 9 heteroatoms. The summed E-state index contributed by atoms with van der Waals surface area (Å²) in [6.45, 7) is 4.27. The van der Waals surface area contributed by atoms with Gasteiger partial charge in [0.2, 0.25) is 10.0 Å². The molecule has 3 rings (SSSR count). The Morgan fingerprint density at radius 1 is 1.27 bits per heavy atom. The molecule has 2 heterocycles. The number of aryl methyl sites for hydroxylation is 1. The van der Waals surface area contributed by atoms with Crippen molar-refractivity contribution in [2.45, 2.75) is 31.0 Å². The Bertz CT molecular complexity index is 968. The van der Waals surface area contributed by atoms with Crippen molar-refractivity contribution in [3.63, 3.8) is 0 Å². The molecule has 0 spiro atoms. The number of morpholine rings is 1. The quantitative estimate of drug-likeness (QED) is 0.791. The van der Waals surface area contributed by atoms with Gasteiger partial charge in [0.1, 0.15) is 0 Å². The predicted octanol–water partition coefficient (Wildman–Crippen LogP) is 1.63. The van der Waals surface area contributed by atoms with E-state index in [1.54, 1.807) is 29.9 Å². The molecule has 0 N–H and O–H groups in total. The van der Waals surface area contributed by atoms with E-state index in [0.29, 0.717) is 17.9 Å². The third-order valence-electron chi connectivity index (χ3n) is 4.06. The van der Waals surface area contributed by atoms with Crippen molar-refractivity contribution in [1.82, 2.24) is 8.87 Å². The lowest BCUT2D eigenvalue weighted by molar-refractivity contribution is -0.0440. The van der Waals surface area contributed by atoms with Gasteiger partial charge in [-0.25, -0.2) is 8.42 Å². The van der Waals surface area contributed by atoms with Gasteiger partial charge in [-0.15, -0.1) is 11.3 Å². The summed E-state index contributed by atoms with van der Waals surface area (Å²) in [5, 5.41) is 1.83. The van der Waals surface area contributed by atoms with Crippen LogP contribution < -0.4 is 4.80 Å². The van der Waals surface area contributed by atoms with Gasteiger partial charge in [0.05, 0.1) is 17.1 Å². The van der Waals surface area contributed by atoms with Crippen LogP contribution in [0.4, 0.5) is 0 Å². The van der Waals surface area contributed by atoms with E-state index in [1.807, 2.05) is 19.2 Å². The van der Waals surface area contributed by atoms with Gasteiger partial charge in [0.25, 0.3) is 5.91 Å². The fraction of sp³-hybridized carbons (Fsp3) is 0.412. The summed E-state index contributed by atoms with van der Waals surface area (Å²) < 4.78 is 34.6. The molecule has 1 aliphatic rings. The predicted molar refractivity (Wildman–Crippen MR) is 98.4 cm³/mol. The van der Waals surface area contributed by atoms with Crippen molar-refractivity contribution in [2.24, 2.45) is 12.0 Å². The number of sulfonamides is 1. The zero-order chi connectivity index (χ0) is 18.9. The van der Waals surface area contributed by atoms with E-state index in [9.17, 15) is 13.2 Å². The number of amides is 1. The van der Waals surface area contributed by atoms with Gasteiger partial charge < -0.3 is 9.30 Å². The molecule has 0 unspecified atom stereocenters. The molecular formula is C17H21N3O4S2. The standard InChI is InChI=1S/C17H21N3O4S2/c1-12-10-20(11-13(2)24-12)26(22,23)15-6-4-5-14(9-15)16(21)18-17-19(3)7-8-25-17/h4-9,12-13H,10-11H2,1-3H3/t12-,13-/m1/s1. The number of thiazole rings is 1. The lowest BCUT2D eigenvalue weighted by Gasteiger charge is -2.34. The first-order valence-electron chi connectivity index (χ1n) is 8.22. The van der Waals surface area contributed by atoms with E-state index in [-0.39, 0.29) is 22.7 Å². The van der Waals surface area contributed by atoms with Crippen molar-refractivity contribution >= 4 is 27.3 Å². The summed E-state index contributed by atoms with van der Waals surface area (Å²) in [6, 6.07) is 6.03. The maximum absolute atomic E-state index is 13.0. The third kappa shape index (κ3) is 3.96. The maximum Gasteiger partial charge on any atom is 0.279 e. The molecule has 2 aromatic rings. The zero-order valence-electron chi connectivity index (χ0n) is 14.8. The molecule has 1 fully saturated rings. The Morgan fingerprint density at radius 2 is 1.96 bits per heavy atom. The van der Waals surface area contributed by atoms with Crippen LogP contribution in [-0.2, 0) is 21.8 Å². The number of carbonyl (C=O) groups is 1. The minimum atomic E-state index is -3.70. The van der Waals surface area contributed by atoms with Crippen molar-refractivity contribution in [2.75, 3.05) is 13.1 Å². The molecule has 1 aromatic carbocycles. The molecule has 1 aromatic heterocycles. The normalized spacial score (nSPS) is 22.5. The van der Waals surface area contributed by atoms with Crippen LogP contribution in [0.2, 0.25) is 0 Å². The van der Waals surface area contributed by atoms with Gasteiger partial charge in [-0.1, -0.05) is 6.07 Å². The largest absolute Gasteiger partial charge is 0.373 e. The highest BCUT2D eigenvalue weighted by Gasteiger charge is 2.32. The SMILES string of the molecule is C[C@@H]1CN(S(=O)(=O)c2cccc(C(=O)N=c3sccn3C)c2)C[C@@H](C)O1. The molecular weight excluding hydrogens is 374 g/mol. The minimum Gasteiger partial charge on any atom is -0.373 e. The lowest BCUT2D eigenvalue weighted by Crippen LogP contribution is -2.48. The second-order valence-electron chi connectivity index (χ2n) is 6.32. The summed E-state index contributed by atoms with van der Waals surface area (Å²) >= 11 is 1.34. The number of hydrogen-bond donors (Lipinski definition) is 0. The van der Waals surface area contributed by atoms with Crippen LogP contribution in [0.5, 0.6) is 0 Å². The summed E-state index contributed by atoms with van der Waals surface area (Å²) in [5.74, 6) is -0.469. The van der Waals surface area contributed by atoms with Gasteiger partial charge >= 0.3 is 0 Å². The Balaban J connectivity index is 1.91. The molecule has 1 amide bonds. The molecule has 0 bridgehead atoms. The molecule has 1 aliphatic heterocycles. The topological polar surface area (TPSA) is 81.0 Å². The summed E-state index contributed by atoms with van der Waals surface area (Å²) in [7, 11) is -1.90. The average Bonchev–Trinajstić information content (AvgIpc) is 2.99. The van der Waals surface area contributed by atoms with Crippen LogP contribution in [-0.4, -0.2) is 48.5 Å². The van der Waals surface area contributed by atoms with Crippen molar-refractivity contribution in [1.29, 1.82) is 0 Å². The molecule has 0 radical (unpaired) electrons. The average molecular weight is 396 g/mol. The first kappa shape index (κ1) is 19.0. The van der Waals surface area contributed by atoms with Gasteiger partial charge in [-0.2, -0.15) is 9.30 Å². The highest BCUT2D eigenvalue weighted by Crippen LogP contribution is 2.22. The van der Waals surface area contributed by atoms with Crippen molar-refractivity contribution < 1.29 is 17.9 Å². The number of nitrogens with zero attached hydrogens (tertiary/aromatic N) is 3. The molecule has 0 aliphatic carbocycles. The molecule has 7 nitrogen and oxygen atoms in total. The smallest absolute Gasteiger partial charge is 0.279 e. The summed E-state index contributed by atoms with van der Waals surface area (Å²) in [5.41, 5.74) is 0.244. The monoisotopic (exact) mass is 395 g/mol. The number of rotatable bonds is 3. The van der Waals surface area contributed by atoms with Gasteiger partial charge in [0.15, 0.2) is 4.80 Å². The number of benzene rings is 1. The number of aromatic nitrogens is 1. The molecule has 26 heavy (non-hydrogen) atoms. The van der Waals surface area contributed by atoms with E-state index in [2.05, 4.69) is 4.99 Å². The van der Waals surface area contributed by atoms with E-state index < -0.39 is 15.9 Å². The van der Waals surface area contributed by atoms with Gasteiger partial charge in [-0.05, 0) is 32.0 Å². The van der Waals surface area contributed by atoms with Crippen LogP contribution in [0.15, 0.2) is 45.7 Å². The Labute approximate surface area is 156 Å². The van der Waals surface area contributed by atoms with Crippen LogP contribution in [0, 0.1) is 0 Å². The second kappa shape index (κ2) is 7.43. The zero-order valence-corrected chi connectivity index (χ0v) is 16.5. The van der Waals surface area contributed by atoms with Crippen LogP contribution in [0.1, 0.15) is 24.2 Å². The minimum absolute atomic E-state index is 0.0930. The van der Waals surface area contributed by atoms with Crippen LogP contribution in [0.3, 0.4) is 0 Å². The Hall–Kier alpha value is -1.81. The maximum atomic E-state index is 13.0. The van der Waals surface area contributed by atoms with Crippen molar-refractivity contribution in [3.8, 4) is 0 Å². The first-order valence-corrected chi connectivity index (χ1v) is 10.5. The summed E-state index contributed by atoms with van der Waals surface area (Å²) in [4.78, 5) is 17.1. The number of hydrogen-bond acceptors (Lipinski definition) is 5. The fourth-order valence-electron chi connectivity index (χ4n) is 2.85. The van der Waals surface area contributed by atoms with Crippen LogP contribution >= 0.6 is 11.3 Å². The second-order valence-corrected chi connectivity index (χ2v) is 9.13. The third-order valence-corrected chi connectivity index (χ3v) is 6.74. The molecule has 140 valence electrons. The van der Waals surface area contributed by atoms with Crippen LogP contribution in [0.25, 0.3) is 0 Å². The molecule has 1 saturated heterocycles. The Morgan fingerprint density at radius 3 is 2.58 bits per heavy atom. The fourth-order valence-corrected chi connectivity index (χ4v) is 5.22. The van der Waals surface area contributed by atoms with E-state index >= 15 is 0 Å². The summed E-state index contributed by atoms with van der Waals surface area (Å²) in [6.07, 6.45) is 1.46. The number of carbonyl (C=O) groups excluding carboxylic acids is 1. The molecule has 0 saturated carbocycles. The lowest BCUT2D eigenvalue weighted by atomic mass is 10.2. The van der Waals surface area contributed by atoms with Crippen molar-refractivity contribution in [3.05, 3.63) is 46.2 Å². The highest BCUT2D eigenvalue weighted by atomic mass is 32.2. The highest BCUT2D eigenvalue weighted by molar-refractivity contribution is 7.89. The van der Waals surface area contributed by atoms with Gasteiger partial charge in [-0.3, -0.25) is 4.79 Å². The van der Waals surface area contributed by atoms with Gasteiger partial charge in [0, 0.05) is 37.3 Å². The first-order chi connectivity index (χ1) is 12.3. The van der Waals surface area contributed by atoms with E-state index in [1.165, 1.54) is 27.8 Å². The van der Waals surface area contributed by atoms with E-state index in [0.717, 1.165) is 0 Å². The van der Waals surface area contributed by atoms with E-state index in [4.69, 9.17) is 4.74 Å².